The molecule has 20 heavy (non-hydrogen) atoms. The maximum atomic E-state index is 10.5. The van der Waals surface area contributed by atoms with Gasteiger partial charge < -0.3 is 9.84 Å². The summed E-state index contributed by atoms with van der Waals surface area (Å²) in [5, 5.41) is 10.5. The van der Waals surface area contributed by atoms with Gasteiger partial charge in [0.2, 0.25) is 0 Å². The molecule has 0 amide bonds. The van der Waals surface area contributed by atoms with Crippen LogP contribution in [0.15, 0.2) is 45.3 Å². The summed E-state index contributed by atoms with van der Waals surface area (Å²) >= 11 is 6.93. The van der Waals surface area contributed by atoms with Gasteiger partial charge in [-0.05, 0) is 70.7 Å². The Morgan fingerprint density at radius 2 is 1.85 bits per heavy atom. The summed E-state index contributed by atoms with van der Waals surface area (Å²) in [5.74, 6) is 0.786. The Balaban J connectivity index is 2.33. The van der Waals surface area contributed by atoms with Crippen LogP contribution in [-0.4, -0.2) is 11.7 Å². The van der Waals surface area contributed by atoms with Crippen molar-refractivity contribution in [2.45, 2.75) is 20.0 Å². The number of benzene rings is 2. The number of hydrogen-bond acceptors (Lipinski definition) is 2. The monoisotopic (exact) mass is 398 g/mol. The molecule has 1 atom stereocenters. The van der Waals surface area contributed by atoms with E-state index in [4.69, 9.17) is 4.74 Å². The molecule has 0 heterocycles. The fourth-order valence-corrected chi connectivity index (χ4v) is 3.21. The van der Waals surface area contributed by atoms with E-state index >= 15 is 0 Å². The molecule has 106 valence electrons. The topological polar surface area (TPSA) is 29.5 Å². The van der Waals surface area contributed by atoms with Gasteiger partial charge in [-0.1, -0.05) is 28.1 Å². The largest absolute Gasteiger partial charge is 0.493 e. The van der Waals surface area contributed by atoms with Crippen molar-refractivity contribution in [2.24, 2.45) is 0 Å². The van der Waals surface area contributed by atoms with Crippen molar-refractivity contribution < 1.29 is 9.84 Å². The number of aliphatic hydroxyl groups excluding tert-OH is 1. The van der Waals surface area contributed by atoms with Crippen LogP contribution in [0.2, 0.25) is 0 Å². The second kappa shape index (κ2) is 6.74. The van der Waals surface area contributed by atoms with E-state index in [0.717, 1.165) is 31.4 Å². The van der Waals surface area contributed by atoms with E-state index in [9.17, 15) is 5.11 Å². The number of ether oxygens (including phenoxy) is 1. The molecule has 2 rings (SSSR count). The van der Waals surface area contributed by atoms with Crippen LogP contribution in [0.4, 0.5) is 0 Å². The molecule has 2 aromatic carbocycles. The highest BCUT2D eigenvalue weighted by molar-refractivity contribution is 9.10. The van der Waals surface area contributed by atoms with Crippen LogP contribution >= 0.6 is 31.9 Å². The van der Waals surface area contributed by atoms with E-state index < -0.39 is 6.10 Å². The van der Waals surface area contributed by atoms with Gasteiger partial charge in [-0.25, -0.2) is 0 Å². The maximum Gasteiger partial charge on any atom is 0.133 e. The SMILES string of the molecule is CCOc1ccc(C(O)c2cc(C)cc(Br)c2)cc1Br. The molecule has 0 saturated carbocycles. The maximum absolute atomic E-state index is 10.5. The molecule has 2 nitrogen and oxygen atoms in total. The molecule has 0 spiro atoms. The lowest BCUT2D eigenvalue weighted by molar-refractivity contribution is 0.220. The van der Waals surface area contributed by atoms with Gasteiger partial charge in [0.05, 0.1) is 11.1 Å². The van der Waals surface area contributed by atoms with Crippen molar-refractivity contribution in [3.8, 4) is 5.75 Å². The van der Waals surface area contributed by atoms with E-state index in [-0.39, 0.29) is 0 Å². The lowest BCUT2D eigenvalue weighted by Crippen LogP contribution is -2.01. The molecule has 0 radical (unpaired) electrons. The molecule has 0 aromatic heterocycles. The fraction of sp³-hybridized carbons (Fsp3) is 0.250. The number of aliphatic hydroxyl groups is 1. The first-order valence-corrected chi connectivity index (χ1v) is 7.97. The minimum absolute atomic E-state index is 0.616. The normalized spacial score (nSPS) is 12.2. The zero-order valence-electron chi connectivity index (χ0n) is 11.4. The number of halogens is 2. The average molecular weight is 400 g/mol. The van der Waals surface area contributed by atoms with E-state index in [0.29, 0.717) is 6.61 Å². The van der Waals surface area contributed by atoms with Crippen molar-refractivity contribution in [3.63, 3.8) is 0 Å². The van der Waals surface area contributed by atoms with Crippen LogP contribution in [0, 0.1) is 6.92 Å². The van der Waals surface area contributed by atoms with Crippen LogP contribution in [0.5, 0.6) is 5.75 Å². The Hall–Kier alpha value is -0.840. The van der Waals surface area contributed by atoms with Crippen LogP contribution in [0.1, 0.15) is 29.7 Å². The third-order valence-electron chi connectivity index (χ3n) is 2.95. The Morgan fingerprint density at radius 1 is 1.10 bits per heavy atom. The van der Waals surface area contributed by atoms with Gasteiger partial charge >= 0.3 is 0 Å². The molecule has 1 unspecified atom stereocenters. The summed E-state index contributed by atoms with van der Waals surface area (Å²) in [6.45, 7) is 4.57. The van der Waals surface area contributed by atoms with E-state index in [2.05, 4.69) is 31.9 Å². The van der Waals surface area contributed by atoms with E-state index in [1.54, 1.807) is 0 Å². The summed E-state index contributed by atoms with van der Waals surface area (Å²) in [6, 6.07) is 11.6. The first-order chi connectivity index (χ1) is 9.51. The van der Waals surface area contributed by atoms with Gasteiger partial charge in [0.25, 0.3) is 0 Å². The molecule has 0 saturated heterocycles. The second-order valence-electron chi connectivity index (χ2n) is 4.59. The predicted molar refractivity (Wildman–Crippen MR) is 88.3 cm³/mol. The lowest BCUT2D eigenvalue weighted by atomic mass is 10.00. The summed E-state index contributed by atoms with van der Waals surface area (Å²) < 4.78 is 7.30. The van der Waals surface area contributed by atoms with Gasteiger partial charge in [-0.3, -0.25) is 0 Å². The third-order valence-corrected chi connectivity index (χ3v) is 4.03. The highest BCUT2D eigenvalue weighted by Gasteiger charge is 2.13. The molecule has 0 fully saturated rings. The van der Waals surface area contributed by atoms with Crippen molar-refractivity contribution in [1.29, 1.82) is 0 Å². The van der Waals surface area contributed by atoms with Gasteiger partial charge in [-0.2, -0.15) is 0 Å². The van der Waals surface area contributed by atoms with Crippen molar-refractivity contribution in [1.82, 2.24) is 0 Å². The highest BCUT2D eigenvalue weighted by Crippen LogP contribution is 2.32. The van der Waals surface area contributed by atoms with Gasteiger partial charge in [-0.15, -0.1) is 0 Å². The van der Waals surface area contributed by atoms with Gasteiger partial charge in [0.15, 0.2) is 0 Å². The van der Waals surface area contributed by atoms with E-state index in [1.807, 2.05) is 50.2 Å². The zero-order valence-corrected chi connectivity index (χ0v) is 14.5. The number of rotatable bonds is 4. The minimum Gasteiger partial charge on any atom is -0.493 e. The number of hydrogen-bond donors (Lipinski definition) is 1. The van der Waals surface area contributed by atoms with Gasteiger partial charge in [0, 0.05) is 4.47 Å². The molecule has 0 bridgehead atoms. The third kappa shape index (κ3) is 3.62. The summed E-state index contributed by atoms with van der Waals surface area (Å²) in [7, 11) is 0. The molecule has 0 aliphatic heterocycles. The van der Waals surface area contributed by atoms with Crippen LogP contribution in [-0.2, 0) is 0 Å². The van der Waals surface area contributed by atoms with Crippen LogP contribution in [0.3, 0.4) is 0 Å². The summed E-state index contributed by atoms with van der Waals surface area (Å²) in [5.41, 5.74) is 2.81. The molecule has 1 N–H and O–H groups in total. The fourth-order valence-electron chi connectivity index (χ4n) is 2.07. The van der Waals surface area contributed by atoms with Crippen molar-refractivity contribution >= 4 is 31.9 Å². The summed E-state index contributed by atoms with van der Waals surface area (Å²) in [6.07, 6.45) is -0.654. The molecule has 0 aliphatic carbocycles. The highest BCUT2D eigenvalue weighted by atomic mass is 79.9. The summed E-state index contributed by atoms with van der Waals surface area (Å²) in [4.78, 5) is 0. The van der Waals surface area contributed by atoms with Crippen molar-refractivity contribution in [2.75, 3.05) is 6.61 Å². The smallest absolute Gasteiger partial charge is 0.133 e. The zero-order chi connectivity index (χ0) is 14.7. The lowest BCUT2D eigenvalue weighted by Gasteiger charge is -2.15. The Labute approximate surface area is 136 Å². The van der Waals surface area contributed by atoms with Crippen LogP contribution < -0.4 is 4.74 Å². The first-order valence-electron chi connectivity index (χ1n) is 6.38. The van der Waals surface area contributed by atoms with Crippen molar-refractivity contribution in [3.05, 3.63) is 62.0 Å². The molecular weight excluding hydrogens is 384 g/mol. The van der Waals surface area contributed by atoms with E-state index in [1.165, 1.54) is 0 Å². The molecular formula is C16H16Br2O2. The Kier molecular flexibility index (Phi) is 5.24. The molecule has 4 heteroatoms. The van der Waals surface area contributed by atoms with Gasteiger partial charge in [0.1, 0.15) is 11.9 Å². The average Bonchev–Trinajstić information content (AvgIpc) is 2.39. The Bertz CT molecular complexity index is 591. The molecule has 0 aliphatic rings. The molecule has 2 aromatic rings. The minimum atomic E-state index is -0.654. The van der Waals surface area contributed by atoms with Crippen LogP contribution in [0.25, 0.3) is 0 Å². The Morgan fingerprint density at radius 3 is 2.45 bits per heavy atom. The number of aryl methyl sites for hydroxylation is 1. The second-order valence-corrected chi connectivity index (χ2v) is 6.36. The standard InChI is InChI=1S/C16H16Br2O2/c1-3-20-15-5-4-11(9-14(15)18)16(19)12-6-10(2)7-13(17)8-12/h4-9,16,19H,3H2,1-2H3. The predicted octanol–water partition coefficient (Wildman–Crippen LogP) is 5.00. The first kappa shape index (κ1) is 15.5. The quantitative estimate of drug-likeness (QED) is 0.783.